The number of hydrogen-bond donors (Lipinski definition) is 0. The lowest BCUT2D eigenvalue weighted by atomic mass is 10.3. The SMILES string of the molecule is CCO[Si](CN1CC(COc2ccccc2)O[Si](OCC)(OCC)C1)(OCC)OCC. The molecule has 0 saturated carbocycles. The normalized spacial score (nSPS) is 19.5. The van der Waals surface area contributed by atoms with Crippen LogP contribution >= 0.6 is 0 Å². The molecule has 1 fully saturated rings. The van der Waals surface area contributed by atoms with Crippen LogP contribution in [0.5, 0.6) is 5.75 Å². The number of hydrogen-bond acceptors (Lipinski definition) is 8. The zero-order chi connectivity index (χ0) is 22.6. The molecule has 8 nitrogen and oxygen atoms in total. The predicted molar refractivity (Wildman–Crippen MR) is 123 cm³/mol. The molecule has 0 amide bonds. The van der Waals surface area contributed by atoms with Crippen LogP contribution < -0.4 is 4.74 Å². The minimum absolute atomic E-state index is 0.199. The molecule has 0 N–H and O–H groups in total. The molecule has 1 saturated heterocycles. The Morgan fingerprint density at radius 1 is 0.903 bits per heavy atom. The van der Waals surface area contributed by atoms with Crippen molar-refractivity contribution < 1.29 is 31.3 Å². The van der Waals surface area contributed by atoms with E-state index in [0.29, 0.717) is 58.5 Å². The van der Waals surface area contributed by atoms with Gasteiger partial charge in [0.25, 0.3) is 0 Å². The second-order valence-corrected chi connectivity index (χ2v) is 12.1. The van der Waals surface area contributed by atoms with Crippen LogP contribution in [0.1, 0.15) is 34.6 Å². The van der Waals surface area contributed by atoms with Crippen LogP contribution in [0.2, 0.25) is 0 Å². The maximum atomic E-state index is 6.42. The quantitative estimate of drug-likeness (QED) is 0.360. The van der Waals surface area contributed by atoms with Gasteiger partial charge in [-0.05, 0) is 46.8 Å². The fraction of sp³-hybridized carbons (Fsp3) is 0.714. The summed E-state index contributed by atoms with van der Waals surface area (Å²) in [4.78, 5) is 2.26. The Morgan fingerprint density at radius 3 is 2.00 bits per heavy atom. The van der Waals surface area contributed by atoms with Crippen LogP contribution in [-0.4, -0.2) is 87.1 Å². The van der Waals surface area contributed by atoms with Crippen LogP contribution in [0.3, 0.4) is 0 Å². The van der Waals surface area contributed by atoms with Gasteiger partial charge in [-0.2, -0.15) is 0 Å². The highest BCUT2D eigenvalue weighted by molar-refractivity contribution is 6.62. The van der Waals surface area contributed by atoms with Crippen LogP contribution in [0.4, 0.5) is 0 Å². The zero-order valence-electron chi connectivity index (χ0n) is 19.6. The first kappa shape index (κ1) is 26.4. The van der Waals surface area contributed by atoms with Crippen molar-refractivity contribution in [3.63, 3.8) is 0 Å². The first-order chi connectivity index (χ1) is 15.0. The average Bonchev–Trinajstić information content (AvgIpc) is 2.74. The van der Waals surface area contributed by atoms with Crippen molar-refractivity contribution in [1.29, 1.82) is 0 Å². The van der Waals surface area contributed by atoms with E-state index in [-0.39, 0.29) is 6.10 Å². The highest BCUT2D eigenvalue weighted by atomic mass is 28.4. The molecule has 1 aromatic rings. The van der Waals surface area contributed by atoms with Crippen LogP contribution in [-0.2, 0) is 26.6 Å². The van der Waals surface area contributed by atoms with Gasteiger partial charge in [-0.15, -0.1) is 0 Å². The average molecular weight is 474 g/mol. The summed E-state index contributed by atoms with van der Waals surface area (Å²) in [5, 5.41) is 0. The van der Waals surface area contributed by atoms with Crippen molar-refractivity contribution in [2.75, 3.05) is 58.5 Å². The van der Waals surface area contributed by atoms with E-state index in [9.17, 15) is 0 Å². The molecule has 0 bridgehead atoms. The lowest BCUT2D eigenvalue weighted by Crippen LogP contribution is -2.67. The Balaban J connectivity index is 2.20. The fourth-order valence-corrected chi connectivity index (χ4v) is 9.36. The number of ether oxygens (including phenoxy) is 1. The second-order valence-electron chi connectivity index (χ2n) is 7.06. The molecular formula is C21H39NO7Si2. The molecule has 31 heavy (non-hydrogen) atoms. The second kappa shape index (κ2) is 13.7. The monoisotopic (exact) mass is 473 g/mol. The van der Waals surface area contributed by atoms with Crippen molar-refractivity contribution in [3.05, 3.63) is 30.3 Å². The van der Waals surface area contributed by atoms with Crippen molar-refractivity contribution in [2.24, 2.45) is 0 Å². The van der Waals surface area contributed by atoms with E-state index < -0.39 is 17.6 Å². The summed E-state index contributed by atoms with van der Waals surface area (Å²) in [6.45, 7) is 13.6. The van der Waals surface area contributed by atoms with E-state index in [2.05, 4.69) is 4.90 Å². The zero-order valence-corrected chi connectivity index (χ0v) is 21.6. The highest BCUT2D eigenvalue weighted by Gasteiger charge is 2.52. The first-order valence-corrected chi connectivity index (χ1v) is 15.2. The summed E-state index contributed by atoms with van der Waals surface area (Å²) in [5.74, 6) is 0.810. The summed E-state index contributed by atoms with van der Waals surface area (Å²) in [5.41, 5.74) is 0. The summed E-state index contributed by atoms with van der Waals surface area (Å²) in [6.07, 6.45) is 0.927. The molecule has 1 aromatic carbocycles. The number of benzene rings is 1. The van der Waals surface area contributed by atoms with Gasteiger partial charge in [-0.3, -0.25) is 4.90 Å². The Hall–Kier alpha value is -0.826. The maximum Gasteiger partial charge on any atom is 0.516 e. The van der Waals surface area contributed by atoms with Gasteiger partial charge in [0.05, 0.1) is 18.4 Å². The van der Waals surface area contributed by atoms with E-state index >= 15 is 0 Å². The van der Waals surface area contributed by atoms with Crippen molar-refractivity contribution in [3.8, 4) is 5.75 Å². The van der Waals surface area contributed by atoms with Gasteiger partial charge in [0.15, 0.2) is 0 Å². The van der Waals surface area contributed by atoms with Gasteiger partial charge in [0, 0.05) is 39.6 Å². The summed E-state index contributed by atoms with van der Waals surface area (Å²) in [7, 11) is -5.78. The molecule has 1 atom stereocenters. The molecule has 0 aliphatic carbocycles. The highest BCUT2D eigenvalue weighted by Crippen LogP contribution is 2.24. The van der Waals surface area contributed by atoms with Gasteiger partial charge in [0.2, 0.25) is 0 Å². The molecule has 178 valence electrons. The molecule has 1 unspecified atom stereocenters. The first-order valence-electron chi connectivity index (χ1n) is 11.3. The Labute approximate surface area is 189 Å². The molecule has 1 heterocycles. The van der Waals surface area contributed by atoms with Gasteiger partial charge in [0.1, 0.15) is 12.4 Å². The fourth-order valence-electron chi connectivity index (χ4n) is 3.70. The van der Waals surface area contributed by atoms with E-state index in [0.717, 1.165) is 5.75 Å². The smallest absolute Gasteiger partial charge is 0.491 e. The predicted octanol–water partition coefficient (Wildman–Crippen LogP) is 2.90. The lowest BCUT2D eigenvalue weighted by Gasteiger charge is -2.44. The van der Waals surface area contributed by atoms with Crippen molar-refractivity contribution >= 4 is 17.6 Å². The summed E-state index contributed by atoms with van der Waals surface area (Å²) in [6, 6.07) is 9.75. The topological polar surface area (TPSA) is 67.9 Å². The Morgan fingerprint density at radius 2 is 1.48 bits per heavy atom. The Bertz CT molecular complexity index is 588. The van der Waals surface area contributed by atoms with Crippen molar-refractivity contribution in [2.45, 2.75) is 40.7 Å². The Kier molecular flexibility index (Phi) is 11.6. The molecular weight excluding hydrogens is 434 g/mol. The lowest BCUT2D eigenvalue weighted by molar-refractivity contribution is -0.0368. The molecule has 0 aromatic heterocycles. The minimum atomic E-state index is -2.91. The molecule has 1 aliphatic heterocycles. The molecule has 10 heteroatoms. The largest absolute Gasteiger partial charge is 0.516 e. The van der Waals surface area contributed by atoms with Gasteiger partial charge >= 0.3 is 17.6 Å². The van der Waals surface area contributed by atoms with E-state index in [4.69, 9.17) is 31.3 Å². The minimum Gasteiger partial charge on any atom is -0.491 e. The molecule has 0 radical (unpaired) electrons. The summed E-state index contributed by atoms with van der Waals surface area (Å²) >= 11 is 0. The maximum absolute atomic E-state index is 6.42. The van der Waals surface area contributed by atoms with Gasteiger partial charge < -0.3 is 31.3 Å². The van der Waals surface area contributed by atoms with Crippen molar-refractivity contribution in [1.82, 2.24) is 4.90 Å². The van der Waals surface area contributed by atoms with E-state index in [1.54, 1.807) is 0 Å². The van der Waals surface area contributed by atoms with Gasteiger partial charge in [-0.25, -0.2) is 0 Å². The van der Waals surface area contributed by atoms with E-state index in [1.165, 1.54) is 0 Å². The summed E-state index contributed by atoms with van der Waals surface area (Å²) < 4.78 is 42.9. The third-order valence-electron chi connectivity index (χ3n) is 4.64. The number of nitrogens with zero attached hydrogens (tertiary/aromatic N) is 1. The molecule has 2 rings (SSSR count). The third-order valence-corrected chi connectivity index (χ3v) is 10.6. The molecule has 1 aliphatic rings. The van der Waals surface area contributed by atoms with E-state index in [1.807, 2.05) is 65.0 Å². The van der Waals surface area contributed by atoms with Gasteiger partial charge in [-0.1, -0.05) is 18.2 Å². The van der Waals surface area contributed by atoms with Crippen LogP contribution in [0.25, 0.3) is 0 Å². The number of para-hydroxylation sites is 1. The molecule has 0 spiro atoms. The van der Waals surface area contributed by atoms with Crippen LogP contribution in [0.15, 0.2) is 30.3 Å². The third kappa shape index (κ3) is 8.23. The standard InChI is InChI=1S/C21H39NO7Si2/c1-6-24-30(25-7-2,26-8-3)18-22-16-21(17-23-20-14-12-11-13-15-20)29-31(19-22,27-9-4)28-10-5/h11-15,21H,6-10,16-19H2,1-5H3. The van der Waals surface area contributed by atoms with Crippen LogP contribution in [0, 0.1) is 0 Å². The number of rotatable bonds is 15.